The van der Waals surface area contributed by atoms with Gasteiger partial charge in [-0.15, -0.1) is 11.6 Å². The normalized spacial score (nSPS) is 31.8. The van der Waals surface area contributed by atoms with Crippen molar-refractivity contribution in [2.75, 3.05) is 0 Å². The highest BCUT2D eigenvalue weighted by Crippen LogP contribution is 2.39. The van der Waals surface area contributed by atoms with Gasteiger partial charge < -0.3 is 15.3 Å². The molecule has 5 atom stereocenters. The molecular formula is C21H33ClO4. The molecule has 26 heavy (non-hydrogen) atoms. The molecule has 0 saturated heterocycles. The highest BCUT2D eigenvalue weighted by atomic mass is 35.5. The first-order valence-corrected chi connectivity index (χ1v) is 10.5. The molecule has 1 unspecified atom stereocenters. The SMILES string of the molecule is O=C(O)CCC/C=C\C[C@@H]1[C@@H](/C=C/C(O)C2CCCCC2)[C@H](O)C[C@H]1Cl. The van der Waals surface area contributed by atoms with E-state index in [0.717, 1.165) is 25.7 Å². The van der Waals surface area contributed by atoms with Gasteiger partial charge in [-0.05, 0) is 50.4 Å². The summed E-state index contributed by atoms with van der Waals surface area (Å²) in [7, 11) is 0. The number of alkyl halides is 1. The van der Waals surface area contributed by atoms with Gasteiger partial charge in [0.05, 0.1) is 12.2 Å². The lowest BCUT2D eigenvalue weighted by Gasteiger charge is -2.25. The number of aliphatic hydroxyl groups is 2. The van der Waals surface area contributed by atoms with Crippen molar-refractivity contribution in [1.29, 1.82) is 0 Å². The summed E-state index contributed by atoms with van der Waals surface area (Å²) < 4.78 is 0. The smallest absolute Gasteiger partial charge is 0.303 e. The molecule has 4 nitrogen and oxygen atoms in total. The number of carboxylic acid groups (broad SMARTS) is 1. The highest BCUT2D eigenvalue weighted by molar-refractivity contribution is 6.21. The minimum Gasteiger partial charge on any atom is -0.481 e. The minimum atomic E-state index is -0.764. The first-order chi connectivity index (χ1) is 12.5. The van der Waals surface area contributed by atoms with E-state index in [0.29, 0.717) is 18.8 Å². The molecule has 0 aromatic heterocycles. The largest absolute Gasteiger partial charge is 0.481 e. The summed E-state index contributed by atoms with van der Waals surface area (Å²) in [4.78, 5) is 10.5. The first kappa shape index (κ1) is 21.5. The van der Waals surface area contributed by atoms with Gasteiger partial charge in [-0.25, -0.2) is 0 Å². The summed E-state index contributed by atoms with van der Waals surface area (Å²) in [5.41, 5.74) is 0. The van der Waals surface area contributed by atoms with Crippen molar-refractivity contribution in [3.63, 3.8) is 0 Å². The van der Waals surface area contributed by atoms with E-state index in [4.69, 9.17) is 16.7 Å². The summed E-state index contributed by atoms with van der Waals surface area (Å²) in [6.45, 7) is 0. The third-order valence-electron chi connectivity index (χ3n) is 5.87. The lowest BCUT2D eigenvalue weighted by atomic mass is 9.84. The minimum absolute atomic E-state index is 0.0283. The van der Waals surface area contributed by atoms with Crippen molar-refractivity contribution < 1.29 is 20.1 Å². The highest BCUT2D eigenvalue weighted by Gasteiger charge is 2.39. The molecule has 2 aliphatic rings. The van der Waals surface area contributed by atoms with E-state index in [-0.39, 0.29) is 23.6 Å². The van der Waals surface area contributed by atoms with E-state index in [1.165, 1.54) is 19.3 Å². The van der Waals surface area contributed by atoms with Crippen molar-refractivity contribution in [2.45, 2.75) is 81.8 Å². The van der Waals surface area contributed by atoms with Gasteiger partial charge in [-0.1, -0.05) is 43.6 Å². The Kier molecular flexibility index (Phi) is 9.17. The van der Waals surface area contributed by atoms with Crippen LogP contribution in [0.25, 0.3) is 0 Å². The Morgan fingerprint density at radius 2 is 1.92 bits per heavy atom. The van der Waals surface area contributed by atoms with Crippen molar-refractivity contribution in [2.24, 2.45) is 17.8 Å². The maximum Gasteiger partial charge on any atom is 0.303 e. The second-order valence-electron chi connectivity index (χ2n) is 7.83. The Morgan fingerprint density at radius 3 is 2.62 bits per heavy atom. The Bertz CT molecular complexity index is 484. The molecular weight excluding hydrogens is 352 g/mol. The fraction of sp³-hybridized carbons (Fsp3) is 0.762. The van der Waals surface area contributed by atoms with Crippen LogP contribution in [-0.2, 0) is 4.79 Å². The standard InChI is InChI=1S/C21H33ClO4/c22-18-14-20(24)17(12-13-19(23)15-8-4-3-5-9-15)16(18)10-6-1-2-7-11-21(25)26/h1,6,12-13,15-20,23-24H,2-5,7-11,14H2,(H,25,26)/b6-1-,13-12+/t16-,17-,18-,19?,20-/m1/s1. The molecule has 0 bridgehead atoms. The molecule has 2 aliphatic carbocycles. The number of rotatable bonds is 9. The van der Waals surface area contributed by atoms with E-state index < -0.39 is 18.2 Å². The Balaban J connectivity index is 1.84. The van der Waals surface area contributed by atoms with Crippen LogP contribution >= 0.6 is 11.6 Å². The van der Waals surface area contributed by atoms with Crippen molar-refractivity contribution >= 4 is 17.6 Å². The molecule has 2 saturated carbocycles. The van der Waals surface area contributed by atoms with Crippen LogP contribution < -0.4 is 0 Å². The molecule has 2 fully saturated rings. The summed E-state index contributed by atoms with van der Waals surface area (Å²) in [5.74, 6) is -0.297. The summed E-state index contributed by atoms with van der Waals surface area (Å²) >= 11 is 6.45. The molecule has 0 heterocycles. The van der Waals surface area contributed by atoms with E-state index in [1.54, 1.807) is 0 Å². The van der Waals surface area contributed by atoms with Crippen molar-refractivity contribution in [1.82, 2.24) is 0 Å². The van der Waals surface area contributed by atoms with Crippen LogP contribution in [-0.4, -0.2) is 38.9 Å². The molecule has 0 radical (unpaired) electrons. The zero-order chi connectivity index (χ0) is 18.9. The number of allylic oxidation sites excluding steroid dienone is 2. The predicted molar refractivity (Wildman–Crippen MR) is 104 cm³/mol. The third-order valence-corrected chi connectivity index (χ3v) is 6.37. The summed E-state index contributed by atoms with van der Waals surface area (Å²) in [5, 5.41) is 29.3. The van der Waals surface area contributed by atoms with Gasteiger partial charge in [0.25, 0.3) is 0 Å². The van der Waals surface area contributed by atoms with Gasteiger partial charge in [0.2, 0.25) is 0 Å². The molecule has 3 N–H and O–H groups in total. The van der Waals surface area contributed by atoms with Crippen molar-refractivity contribution in [3.8, 4) is 0 Å². The van der Waals surface area contributed by atoms with E-state index >= 15 is 0 Å². The van der Waals surface area contributed by atoms with Gasteiger partial charge in [0, 0.05) is 17.7 Å². The fourth-order valence-electron chi connectivity index (χ4n) is 4.28. The number of aliphatic hydroxyl groups excluding tert-OH is 2. The predicted octanol–water partition coefficient (Wildman–Crippen LogP) is 4.29. The van der Waals surface area contributed by atoms with Crippen LogP contribution in [0.3, 0.4) is 0 Å². The van der Waals surface area contributed by atoms with Crippen LogP contribution in [0.2, 0.25) is 0 Å². The lowest BCUT2D eigenvalue weighted by molar-refractivity contribution is -0.137. The van der Waals surface area contributed by atoms with Gasteiger partial charge in [-0.2, -0.15) is 0 Å². The topological polar surface area (TPSA) is 77.8 Å². The van der Waals surface area contributed by atoms with Crippen LogP contribution in [0.15, 0.2) is 24.3 Å². The van der Waals surface area contributed by atoms with Crippen LogP contribution in [0.4, 0.5) is 0 Å². The van der Waals surface area contributed by atoms with E-state index in [2.05, 4.69) is 6.08 Å². The maximum absolute atomic E-state index is 10.5. The molecule has 2 rings (SSSR count). The van der Waals surface area contributed by atoms with Gasteiger partial charge in [-0.3, -0.25) is 4.79 Å². The Labute approximate surface area is 161 Å². The molecule has 0 spiro atoms. The molecule has 148 valence electrons. The first-order valence-electron chi connectivity index (χ1n) is 10.0. The zero-order valence-electron chi connectivity index (χ0n) is 15.5. The fourth-order valence-corrected chi connectivity index (χ4v) is 4.74. The Morgan fingerprint density at radius 1 is 1.19 bits per heavy atom. The molecule has 5 heteroatoms. The van der Waals surface area contributed by atoms with Crippen molar-refractivity contribution in [3.05, 3.63) is 24.3 Å². The zero-order valence-corrected chi connectivity index (χ0v) is 16.2. The maximum atomic E-state index is 10.5. The van der Waals surface area contributed by atoms with E-state index in [1.807, 2.05) is 18.2 Å². The average molecular weight is 385 g/mol. The van der Waals surface area contributed by atoms with Gasteiger partial charge >= 0.3 is 5.97 Å². The second kappa shape index (κ2) is 11.1. The van der Waals surface area contributed by atoms with Crippen LogP contribution in [0, 0.1) is 17.8 Å². The second-order valence-corrected chi connectivity index (χ2v) is 8.39. The quantitative estimate of drug-likeness (QED) is 0.315. The number of hydrogen-bond donors (Lipinski definition) is 3. The Hall–Kier alpha value is -0.840. The number of halogens is 1. The summed E-state index contributed by atoms with van der Waals surface area (Å²) in [6, 6.07) is 0. The molecule has 0 amide bonds. The van der Waals surface area contributed by atoms with Crippen LogP contribution in [0.1, 0.15) is 64.2 Å². The van der Waals surface area contributed by atoms with Gasteiger partial charge in [0.1, 0.15) is 0 Å². The number of unbranched alkanes of at least 4 members (excludes halogenated alkanes) is 1. The van der Waals surface area contributed by atoms with E-state index in [9.17, 15) is 15.0 Å². The van der Waals surface area contributed by atoms with Gasteiger partial charge in [0.15, 0.2) is 0 Å². The monoisotopic (exact) mass is 384 g/mol. The van der Waals surface area contributed by atoms with Crippen LogP contribution in [0.5, 0.6) is 0 Å². The number of carboxylic acids is 1. The molecule has 0 aromatic rings. The summed E-state index contributed by atoms with van der Waals surface area (Å²) in [6.07, 6.45) is 15.8. The molecule has 0 aromatic carbocycles. The third kappa shape index (κ3) is 6.71. The number of aliphatic carboxylic acids is 1. The number of carbonyl (C=O) groups is 1. The molecule has 0 aliphatic heterocycles. The number of hydrogen-bond acceptors (Lipinski definition) is 3. The average Bonchev–Trinajstić information content (AvgIpc) is 2.89. The lowest BCUT2D eigenvalue weighted by Crippen LogP contribution is -2.23.